The summed E-state index contributed by atoms with van der Waals surface area (Å²) in [5, 5.41) is 2.81. The number of amides is 1. The molecule has 6 heteroatoms. The quantitative estimate of drug-likeness (QED) is 0.823. The van der Waals surface area contributed by atoms with Crippen molar-refractivity contribution in [1.82, 2.24) is 5.32 Å². The third-order valence-corrected chi connectivity index (χ3v) is 3.24. The van der Waals surface area contributed by atoms with Gasteiger partial charge in [0.1, 0.15) is 11.4 Å². The highest BCUT2D eigenvalue weighted by atomic mass is 19.1. The number of rotatable bonds is 2. The van der Waals surface area contributed by atoms with Gasteiger partial charge < -0.3 is 20.7 Å². The third-order valence-electron chi connectivity index (χ3n) is 3.24. The second kappa shape index (κ2) is 5.79. The minimum absolute atomic E-state index is 0.0705. The Morgan fingerprint density at radius 1 is 1.48 bits per heavy atom. The highest BCUT2D eigenvalue weighted by Gasteiger charge is 2.28. The molecule has 1 aliphatic rings. The fraction of sp³-hybridized carbons (Fsp3) is 0.533. The number of halogens is 1. The third kappa shape index (κ3) is 4.00. The Balaban J connectivity index is 1.97. The van der Waals surface area contributed by atoms with Crippen LogP contribution in [0.5, 0.6) is 0 Å². The van der Waals surface area contributed by atoms with Gasteiger partial charge in [-0.25, -0.2) is 9.18 Å². The number of anilines is 2. The summed E-state index contributed by atoms with van der Waals surface area (Å²) in [7, 11) is 0. The largest absolute Gasteiger partial charge is 0.444 e. The van der Waals surface area contributed by atoms with E-state index in [-0.39, 0.29) is 11.9 Å². The lowest BCUT2D eigenvalue weighted by molar-refractivity contribution is 0.0509. The van der Waals surface area contributed by atoms with Crippen LogP contribution in [0.4, 0.5) is 20.6 Å². The molecule has 1 fully saturated rings. The van der Waals surface area contributed by atoms with Crippen LogP contribution in [-0.2, 0) is 4.74 Å². The molecule has 0 spiro atoms. The summed E-state index contributed by atoms with van der Waals surface area (Å²) in [6.07, 6.45) is 0.281. The van der Waals surface area contributed by atoms with Crippen LogP contribution in [0.15, 0.2) is 18.2 Å². The zero-order chi connectivity index (χ0) is 15.6. The highest BCUT2D eigenvalue weighted by Crippen LogP contribution is 2.29. The molecule has 1 saturated heterocycles. The van der Waals surface area contributed by atoms with Crippen LogP contribution in [0.1, 0.15) is 27.2 Å². The van der Waals surface area contributed by atoms with Gasteiger partial charge in [-0.15, -0.1) is 0 Å². The van der Waals surface area contributed by atoms with Gasteiger partial charge in [-0.2, -0.15) is 0 Å². The van der Waals surface area contributed by atoms with Gasteiger partial charge in [0.05, 0.1) is 17.4 Å². The van der Waals surface area contributed by atoms with Crippen molar-refractivity contribution in [3.63, 3.8) is 0 Å². The molecule has 1 heterocycles. The normalized spacial score (nSPS) is 18.7. The van der Waals surface area contributed by atoms with E-state index in [0.717, 1.165) is 6.42 Å². The number of alkyl carbamates (subject to hydrolysis) is 1. The molecule has 1 atom stereocenters. The maximum Gasteiger partial charge on any atom is 0.407 e. The number of nitrogen functional groups attached to an aromatic ring is 1. The Morgan fingerprint density at radius 2 is 2.19 bits per heavy atom. The van der Waals surface area contributed by atoms with Gasteiger partial charge in [0.25, 0.3) is 0 Å². The molecule has 1 unspecified atom stereocenters. The average molecular weight is 295 g/mol. The van der Waals surface area contributed by atoms with E-state index in [0.29, 0.717) is 24.5 Å². The minimum Gasteiger partial charge on any atom is -0.444 e. The predicted molar refractivity (Wildman–Crippen MR) is 80.8 cm³/mol. The van der Waals surface area contributed by atoms with E-state index in [1.54, 1.807) is 12.1 Å². The second-order valence-corrected chi connectivity index (χ2v) is 6.26. The summed E-state index contributed by atoms with van der Waals surface area (Å²) >= 11 is 0. The Morgan fingerprint density at radius 3 is 2.81 bits per heavy atom. The zero-order valence-corrected chi connectivity index (χ0v) is 12.6. The SMILES string of the molecule is CC(C)(C)OC(=O)NC1CCN(c2c(N)cccc2F)C1. The molecule has 1 aromatic rings. The summed E-state index contributed by atoms with van der Waals surface area (Å²) in [4.78, 5) is 13.6. The number of carbonyl (C=O) groups excluding carboxylic acids is 1. The van der Waals surface area contributed by atoms with E-state index < -0.39 is 11.7 Å². The van der Waals surface area contributed by atoms with Crippen LogP contribution < -0.4 is 16.0 Å². The van der Waals surface area contributed by atoms with Gasteiger partial charge in [0.15, 0.2) is 0 Å². The molecule has 0 aliphatic carbocycles. The smallest absolute Gasteiger partial charge is 0.407 e. The van der Waals surface area contributed by atoms with E-state index in [1.165, 1.54) is 6.07 Å². The lowest BCUT2D eigenvalue weighted by Gasteiger charge is -2.23. The van der Waals surface area contributed by atoms with Gasteiger partial charge in [0.2, 0.25) is 0 Å². The van der Waals surface area contributed by atoms with Crippen molar-refractivity contribution in [2.75, 3.05) is 23.7 Å². The molecule has 2 rings (SSSR count). The monoisotopic (exact) mass is 295 g/mol. The molecule has 0 bridgehead atoms. The summed E-state index contributed by atoms with van der Waals surface area (Å²) < 4.78 is 19.1. The Hall–Kier alpha value is -1.98. The highest BCUT2D eigenvalue weighted by molar-refractivity contribution is 5.70. The first-order chi connectivity index (χ1) is 9.76. The molecule has 116 valence electrons. The topological polar surface area (TPSA) is 67.6 Å². The average Bonchev–Trinajstić information content (AvgIpc) is 2.74. The zero-order valence-electron chi connectivity index (χ0n) is 12.6. The molecule has 0 saturated carbocycles. The Kier molecular flexibility index (Phi) is 4.25. The Labute approximate surface area is 124 Å². The molecule has 3 N–H and O–H groups in total. The van der Waals surface area contributed by atoms with E-state index in [1.807, 2.05) is 25.7 Å². The maximum absolute atomic E-state index is 13.9. The number of hydrogen-bond donors (Lipinski definition) is 2. The van der Waals surface area contributed by atoms with Gasteiger partial charge in [-0.1, -0.05) is 6.07 Å². The lowest BCUT2D eigenvalue weighted by atomic mass is 10.2. The molecule has 1 amide bonds. The molecular formula is C15H22FN3O2. The van der Waals surface area contributed by atoms with Crippen molar-refractivity contribution in [2.45, 2.75) is 38.8 Å². The first kappa shape index (κ1) is 15.4. The molecule has 5 nitrogen and oxygen atoms in total. The van der Waals surface area contributed by atoms with E-state index >= 15 is 0 Å². The fourth-order valence-electron chi connectivity index (χ4n) is 2.42. The van der Waals surface area contributed by atoms with Crippen molar-refractivity contribution in [3.05, 3.63) is 24.0 Å². The summed E-state index contributed by atoms with van der Waals surface area (Å²) in [6.45, 7) is 6.60. The summed E-state index contributed by atoms with van der Waals surface area (Å²) in [5.74, 6) is -0.340. The van der Waals surface area contributed by atoms with Crippen molar-refractivity contribution in [2.24, 2.45) is 0 Å². The molecule has 21 heavy (non-hydrogen) atoms. The van der Waals surface area contributed by atoms with E-state index in [4.69, 9.17) is 10.5 Å². The van der Waals surface area contributed by atoms with Crippen LogP contribution in [-0.4, -0.2) is 30.8 Å². The van der Waals surface area contributed by atoms with Crippen LogP contribution in [0.2, 0.25) is 0 Å². The minimum atomic E-state index is -0.529. The predicted octanol–water partition coefficient (Wildman–Crippen LogP) is 2.51. The van der Waals surface area contributed by atoms with Crippen LogP contribution >= 0.6 is 0 Å². The molecule has 1 aliphatic heterocycles. The van der Waals surface area contributed by atoms with Crippen LogP contribution in [0.3, 0.4) is 0 Å². The first-order valence-electron chi connectivity index (χ1n) is 7.05. The number of carbonyl (C=O) groups is 1. The van der Waals surface area contributed by atoms with Crippen molar-refractivity contribution >= 4 is 17.5 Å². The van der Waals surface area contributed by atoms with E-state index in [9.17, 15) is 9.18 Å². The number of nitrogens with zero attached hydrogens (tertiary/aromatic N) is 1. The molecule has 0 aromatic heterocycles. The molecular weight excluding hydrogens is 273 g/mol. The van der Waals surface area contributed by atoms with Crippen LogP contribution in [0.25, 0.3) is 0 Å². The first-order valence-corrected chi connectivity index (χ1v) is 7.05. The number of ether oxygens (including phenoxy) is 1. The summed E-state index contributed by atoms with van der Waals surface area (Å²) in [5.41, 5.74) is 6.13. The van der Waals surface area contributed by atoms with Gasteiger partial charge in [-0.3, -0.25) is 0 Å². The van der Waals surface area contributed by atoms with Gasteiger partial charge in [0, 0.05) is 13.1 Å². The van der Waals surface area contributed by atoms with Gasteiger partial charge >= 0.3 is 6.09 Å². The number of benzene rings is 1. The second-order valence-electron chi connectivity index (χ2n) is 6.26. The molecule has 1 aromatic carbocycles. The van der Waals surface area contributed by atoms with Crippen molar-refractivity contribution in [3.8, 4) is 0 Å². The summed E-state index contributed by atoms with van der Waals surface area (Å²) in [6, 6.07) is 4.58. The number of nitrogens with one attached hydrogen (secondary N) is 1. The number of hydrogen-bond acceptors (Lipinski definition) is 4. The fourth-order valence-corrected chi connectivity index (χ4v) is 2.42. The lowest BCUT2D eigenvalue weighted by Crippen LogP contribution is -2.40. The van der Waals surface area contributed by atoms with Crippen molar-refractivity contribution < 1.29 is 13.9 Å². The van der Waals surface area contributed by atoms with Crippen LogP contribution in [0, 0.1) is 5.82 Å². The Bertz CT molecular complexity index is 508. The molecule has 0 radical (unpaired) electrons. The van der Waals surface area contributed by atoms with Crippen molar-refractivity contribution in [1.29, 1.82) is 0 Å². The van der Waals surface area contributed by atoms with E-state index in [2.05, 4.69) is 5.32 Å². The standard InChI is InChI=1S/C15H22FN3O2/c1-15(2,3)21-14(20)18-10-7-8-19(9-10)13-11(16)5-4-6-12(13)17/h4-6,10H,7-9,17H2,1-3H3,(H,18,20). The number of para-hydroxylation sites is 1. The number of nitrogens with two attached hydrogens (primary N) is 1. The van der Waals surface area contributed by atoms with Gasteiger partial charge in [-0.05, 0) is 39.3 Å². The maximum atomic E-state index is 13.9.